The second kappa shape index (κ2) is 6.23. The maximum absolute atomic E-state index is 6.81. The molecule has 4 nitrogen and oxygen atoms in total. The predicted molar refractivity (Wildman–Crippen MR) is 148 cm³/mol. The number of aryl methyl sites for hydroxylation is 1. The highest BCUT2D eigenvalue weighted by Gasteiger charge is 2.22. The minimum absolute atomic E-state index is 0.890. The maximum atomic E-state index is 6.81. The molecule has 0 unspecified atom stereocenters. The van der Waals surface area contributed by atoms with Gasteiger partial charge in [0.05, 0.1) is 27.5 Å². The molecule has 0 atom stereocenters. The van der Waals surface area contributed by atoms with Crippen LogP contribution < -0.4 is 0 Å². The average Bonchev–Trinajstić information content (AvgIpc) is 3.65. The van der Waals surface area contributed by atoms with Crippen molar-refractivity contribution < 1.29 is 4.42 Å². The van der Waals surface area contributed by atoms with Gasteiger partial charge in [0, 0.05) is 39.5 Å². The Labute approximate surface area is 204 Å². The smallest absolute Gasteiger partial charge is 0.161 e. The van der Waals surface area contributed by atoms with E-state index in [1.165, 1.54) is 38.1 Å². The third kappa shape index (κ3) is 2.05. The number of imidazole rings is 1. The zero-order valence-electron chi connectivity index (χ0n) is 19.5. The van der Waals surface area contributed by atoms with Crippen molar-refractivity contribution in [1.29, 1.82) is 0 Å². The second-order valence-corrected chi connectivity index (χ2v) is 9.66. The molecule has 168 valence electrons. The summed E-state index contributed by atoms with van der Waals surface area (Å²) in [6, 6.07) is 34.3. The van der Waals surface area contributed by atoms with Crippen LogP contribution in [0.25, 0.3) is 82.5 Å². The Morgan fingerprint density at radius 2 is 1.33 bits per heavy atom. The van der Waals surface area contributed by atoms with Crippen molar-refractivity contribution in [2.75, 3.05) is 0 Å². The molecule has 0 aliphatic rings. The number of rotatable bonds is 1. The molecule has 4 heterocycles. The van der Waals surface area contributed by atoms with Gasteiger partial charge in [0.15, 0.2) is 5.58 Å². The van der Waals surface area contributed by atoms with Crippen LogP contribution in [0, 0.1) is 0 Å². The molecule has 0 saturated heterocycles. The Balaban J connectivity index is 1.47. The lowest BCUT2D eigenvalue weighted by Gasteiger charge is -2.02. The van der Waals surface area contributed by atoms with Crippen LogP contribution in [0.3, 0.4) is 0 Å². The van der Waals surface area contributed by atoms with E-state index in [0.29, 0.717) is 0 Å². The number of aromatic nitrogens is 3. The van der Waals surface area contributed by atoms with Crippen molar-refractivity contribution in [3.8, 4) is 11.4 Å². The van der Waals surface area contributed by atoms with E-state index in [-0.39, 0.29) is 0 Å². The van der Waals surface area contributed by atoms with Gasteiger partial charge in [-0.2, -0.15) is 0 Å². The average molecular weight is 462 g/mol. The zero-order chi connectivity index (χ0) is 23.5. The van der Waals surface area contributed by atoms with Gasteiger partial charge in [-0.25, -0.2) is 4.98 Å². The summed E-state index contributed by atoms with van der Waals surface area (Å²) in [4.78, 5) is 4.96. The number of hydrogen-bond donors (Lipinski definition) is 0. The largest absolute Gasteiger partial charge is 0.453 e. The summed E-state index contributed by atoms with van der Waals surface area (Å²) >= 11 is 0. The van der Waals surface area contributed by atoms with Gasteiger partial charge in [-0.15, -0.1) is 0 Å². The number of benzene rings is 5. The molecule has 0 N–H and O–H groups in total. The number of fused-ring (bicyclic) bond motifs is 12. The maximum Gasteiger partial charge on any atom is 0.161 e. The molecule has 5 aromatic carbocycles. The molecule has 0 bridgehead atoms. The molecular formula is C32H19N3O. The quantitative estimate of drug-likeness (QED) is 0.246. The number of hydrogen-bond acceptors (Lipinski definition) is 2. The van der Waals surface area contributed by atoms with Crippen LogP contribution in [0.4, 0.5) is 0 Å². The molecule has 0 radical (unpaired) electrons. The van der Waals surface area contributed by atoms with Crippen LogP contribution in [0.2, 0.25) is 0 Å². The summed E-state index contributed by atoms with van der Waals surface area (Å²) < 4.78 is 11.4. The Morgan fingerprint density at radius 3 is 2.25 bits per heavy atom. The van der Waals surface area contributed by atoms with Crippen LogP contribution in [0.15, 0.2) is 101 Å². The lowest BCUT2D eigenvalue weighted by molar-refractivity contribution is 0.674. The predicted octanol–water partition coefficient (Wildman–Crippen LogP) is 8.29. The second-order valence-electron chi connectivity index (χ2n) is 9.66. The molecule has 0 aliphatic heterocycles. The summed E-state index contributed by atoms with van der Waals surface area (Å²) in [6.45, 7) is 0. The molecule has 0 amide bonds. The van der Waals surface area contributed by atoms with Crippen molar-refractivity contribution >= 4 is 71.1 Å². The van der Waals surface area contributed by atoms with E-state index < -0.39 is 0 Å². The Morgan fingerprint density at radius 1 is 0.583 bits per heavy atom. The van der Waals surface area contributed by atoms with Gasteiger partial charge in [0.1, 0.15) is 16.9 Å². The molecule has 9 rings (SSSR count). The summed E-state index contributed by atoms with van der Waals surface area (Å²) in [5.74, 6) is 0.941. The number of para-hydroxylation sites is 2. The van der Waals surface area contributed by atoms with Crippen molar-refractivity contribution in [3.05, 3.63) is 97.1 Å². The standard InChI is InChI=1S/C32H19N3O/c1-34-29-24(33-32(34)18-8-3-2-4-9-18)16-14-22-21-15-17-26-27(30(21)36-31(22)29)23-12-7-11-20-19-10-5-6-13-25(19)35(26)28(20)23/h2-17H,1H3. The van der Waals surface area contributed by atoms with Gasteiger partial charge < -0.3 is 13.4 Å². The lowest BCUT2D eigenvalue weighted by atomic mass is 10.1. The zero-order valence-corrected chi connectivity index (χ0v) is 19.5. The van der Waals surface area contributed by atoms with E-state index in [4.69, 9.17) is 9.40 Å². The number of nitrogens with zero attached hydrogens (tertiary/aromatic N) is 3. The molecule has 0 saturated carbocycles. The van der Waals surface area contributed by atoms with E-state index in [1.807, 2.05) is 18.2 Å². The molecule has 0 aliphatic carbocycles. The van der Waals surface area contributed by atoms with Gasteiger partial charge in [0.2, 0.25) is 0 Å². The lowest BCUT2D eigenvalue weighted by Crippen LogP contribution is -1.92. The Kier molecular flexibility index (Phi) is 3.20. The van der Waals surface area contributed by atoms with Crippen LogP contribution in [0.5, 0.6) is 0 Å². The van der Waals surface area contributed by atoms with Gasteiger partial charge in [-0.1, -0.05) is 66.7 Å². The van der Waals surface area contributed by atoms with Crippen molar-refractivity contribution in [2.24, 2.45) is 7.05 Å². The first-order chi connectivity index (χ1) is 17.8. The SMILES string of the molecule is Cn1c(-c2ccccc2)nc2ccc3c4ccc5c(c6cccc7c8ccccc8n5c76)c4oc3c21. The molecular weight excluding hydrogens is 442 g/mol. The van der Waals surface area contributed by atoms with Crippen molar-refractivity contribution in [3.63, 3.8) is 0 Å². The van der Waals surface area contributed by atoms with Gasteiger partial charge in [-0.3, -0.25) is 0 Å². The summed E-state index contributed by atoms with van der Waals surface area (Å²) in [6.07, 6.45) is 0. The van der Waals surface area contributed by atoms with Crippen LogP contribution in [0.1, 0.15) is 0 Å². The van der Waals surface area contributed by atoms with E-state index in [1.54, 1.807) is 0 Å². The third-order valence-corrected chi connectivity index (χ3v) is 7.86. The van der Waals surface area contributed by atoms with E-state index in [0.717, 1.165) is 44.4 Å². The first kappa shape index (κ1) is 18.5. The fourth-order valence-electron chi connectivity index (χ4n) is 6.34. The van der Waals surface area contributed by atoms with Gasteiger partial charge in [0.25, 0.3) is 0 Å². The van der Waals surface area contributed by atoms with Crippen molar-refractivity contribution in [2.45, 2.75) is 0 Å². The third-order valence-electron chi connectivity index (χ3n) is 7.86. The summed E-state index contributed by atoms with van der Waals surface area (Å²) in [5.41, 5.74) is 8.57. The minimum Gasteiger partial charge on any atom is -0.453 e. The van der Waals surface area contributed by atoms with Gasteiger partial charge >= 0.3 is 0 Å². The summed E-state index contributed by atoms with van der Waals surface area (Å²) in [5, 5.41) is 7.24. The monoisotopic (exact) mass is 461 g/mol. The molecule has 4 heteroatoms. The Bertz CT molecular complexity index is 2320. The molecule has 9 aromatic rings. The molecule has 0 spiro atoms. The fraction of sp³-hybridized carbons (Fsp3) is 0.0312. The van der Waals surface area contributed by atoms with Crippen LogP contribution in [-0.4, -0.2) is 14.0 Å². The summed E-state index contributed by atoms with van der Waals surface area (Å²) in [7, 11) is 2.08. The molecule has 0 fully saturated rings. The van der Waals surface area contributed by atoms with E-state index in [9.17, 15) is 0 Å². The van der Waals surface area contributed by atoms with Gasteiger partial charge in [-0.05, 0) is 30.3 Å². The topological polar surface area (TPSA) is 35.4 Å². The van der Waals surface area contributed by atoms with Crippen molar-refractivity contribution in [1.82, 2.24) is 14.0 Å². The van der Waals surface area contributed by atoms with E-state index in [2.05, 4.69) is 94.9 Å². The Hall–Kier alpha value is -4.83. The van der Waals surface area contributed by atoms with E-state index >= 15 is 0 Å². The highest BCUT2D eigenvalue weighted by molar-refractivity contribution is 6.30. The first-order valence-corrected chi connectivity index (χ1v) is 12.2. The van der Waals surface area contributed by atoms with Crippen LogP contribution in [-0.2, 0) is 7.05 Å². The number of furan rings is 1. The first-order valence-electron chi connectivity index (χ1n) is 12.2. The fourth-order valence-corrected chi connectivity index (χ4v) is 6.34. The van der Waals surface area contributed by atoms with Crippen LogP contribution >= 0.6 is 0 Å². The molecule has 36 heavy (non-hydrogen) atoms. The molecule has 4 aromatic heterocycles. The highest BCUT2D eigenvalue weighted by atomic mass is 16.3. The minimum atomic E-state index is 0.890. The normalized spacial score (nSPS) is 12.6. The highest BCUT2D eigenvalue weighted by Crippen LogP contribution is 2.44.